The molecule has 0 bridgehead atoms. The predicted octanol–water partition coefficient (Wildman–Crippen LogP) is 2.43. The zero-order valence-electron chi connectivity index (χ0n) is 6.52. The van der Waals surface area contributed by atoms with E-state index in [0.717, 1.165) is 4.88 Å². The largest absolute Gasteiger partial charge is 0.445 e. The van der Waals surface area contributed by atoms with Crippen molar-refractivity contribution in [1.29, 1.82) is 0 Å². The van der Waals surface area contributed by atoms with E-state index in [1.54, 1.807) is 23.1 Å². The van der Waals surface area contributed by atoms with Crippen LogP contribution in [0.25, 0.3) is 0 Å². The van der Waals surface area contributed by atoms with E-state index in [1.165, 1.54) is 0 Å². The highest BCUT2D eigenvalue weighted by atomic mass is 32.2. The molecule has 1 aliphatic heterocycles. The molecule has 0 spiro atoms. The maximum atomic E-state index is 11.0. The van der Waals surface area contributed by atoms with Gasteiger partial charge < -0.3 is 4.74 Å². The summed E-state index contributed by atoms with van der Waals surface area (Å²) in [5.74, 6) is -0.0987. The molecule has 0 saturated carbocycles. The summed E-state index contributed by atoms with van der Waals surface area (Å²) in [6, 6.07) is 3.96. The Kier molecular flexibility index (Phi) is 2.11. The molecule has 1 saturated heterocycles. The second kappa shape index (κ2) is 3.11. The van der Waals surface area contributed by atoms with Gasteiger partial charge in [0.15, 0.2) is 5.44 Å². The Morgan fingerprint density at radius 1 is 1.58 bits per heavy atom. The molecule has 0 amide bonds. The van der Waals surface area contributed by atoms with Gasteiger partial charge in [0.05, 0.1) is 4.88 Å². The molecule has 64 valence electrons. The lowest BCUT2D eigenvalue weighted by Gasteiger charge is -2.03. The van der Waals surface area contributed by atoms with E-state index in [9.17, 15) is 4.79 Å². The Labute approximate surface area is 78.9 Å². The zero-order chi connectivity index (χ0) is 8.55. The van der Waals surface area contributed by atoms with Crippen LogP contribution in [0.3, 0.4) is 0 Å². The molecule has 0 N–H and O–H groups in total. The third-order valence-corrected chi connectivity index (χ3v) is 3.92. The number of carbonyl (C=O) groups is 1. The number of thioether (sulfide) groups is 1. The Hall–Kier alpha value is -0.480. The third-order valence-electron chi connectivity index (χ3n) is 1.66. The van der Waals surface area contributed by atoms with Crippen molar-refractivity contribution < 1.29 is 9.53 Å². The molecule has 1 aliphatic rings. The van der Waals surface area contributed by atoms with Crippen LogP contribution in [0.5, 0.6) is 0 Å². The van der Waals surface area contributed by atoms with Gasteiger partial charge in [0.2, 0.25) is 0 Å². The fraction of sp³-hybridized carbons (Fsp3) is 0.375. The summed E-state index contributed by atoms with van der Waals surface area (Å²) in [5, 5.41) is 1.98. The minimum Gasteiger partial charge on any atom is -0.445 e. The molecule has 1 aromatic rings. The first kappa shape index (κ1) is 8.13. The third kappa shape index (κ3) is 1.36. The van der Waals surface area contributed by atoms with E-state index in [2.05, 4.69) is 0 Å². The van der Waals surface area contributed by atoms with E-state index in [1.807, 2.05) is 24.4 Å². The SMILES string of the molecule is CC1SC(c2cccs2)OC1=O. The van der Waals surface area contributed by atoms with Crippen LogP contribution in [-0.2, 0) is 9.53 Å². The first-order chi connectivity index (χ1) is 5.77. The predicted molar refractivity (Wildman–Crippen MR) is 50.2 cm³/mol. The van der Waals surface area contributed by atoms with E-state index < -0.39 is 0 Å². The van der Waals surface area contributed by atoms with Crippen molar-refractivity contribution in [2.75, 3.05) is 0 Å². The molecule has 1 aromatic heterocycles. The summed E-state index contributed by atoms with van der Waals surface area (Å²) >= 11 is 3.20. The molecular weight excluding hydrogens is 192 g/mol. The van der Waals surface area contributed by atoms with Gasteiger partial charge in [-0.05, 0) is 18.4 Å². The number of cyclic esters (lactones) is 1. The molecule has 1 fully saturated rings. The number of ether oxygens (including phenoxy) is 1. The quantitative estimate of drug-likeness (QED) is 0.651. The van der Waals surface area contributed by atoms with Gasteiger partial charge in [0.25, 0.3) is 0 Å². The Morgan fingerprint density at radius 2 is 2.42 bits per heavy atom. The minimum absolute atomic E-state index is 0.0166. The van der Waals surface area contributed by atoms with Crippen LogP contribution in [0.15, 0.2) is 17.5 Å². The van der Waals surface area contributed by atoms with Gasteiger partial charge in [-0.1, -0.05) is 17.8 Å². The van der Waals surface area contributed by atoms with Crippen LogP contribution >= 0.6 is 23.1 Å². The number of thiophene rings is 1. The molecule has 4 heteroatoms. The molecule has 2 atom stereocenters. The molecule has 12 heavy (non-hydrogen) atoms. The maximum Gasteiger partial charge on any atom is 0.320 e. The highest BCUT2D eigenvalue weighted by molar-refractivity contribution is 8.01. The fourth-order valence-electron chi connectivity index (χ4n) is 1.02. The lowest BCUT2D eigenvalue weighted by molar-refractivity contribution is -0.142. The average Bonchev–Trinajstić information content (AvgIpc) is 2.61. The van der Waals surface area contributed by atoms with Gasteiger partial charge in [0.1, 0.15) is 5.25 Å². The first-order valence-corrected chi connectivity index (χ1v) is 5.49. The van der Waals surface area contributed by atoms with Crippen LogP contribution in [0.1, 0.15) is 17.2 Å². The van der Waals surface area contributed by atoms with Gasteiger partial charge in [-0.2, -0.15) is 0 Å². The van der Waals surface area contributed by atoms with Crippen molar-refractivity contribution in [3.05, 3.63) is 22.4 Å². The lowest BCUT2D eigenvalue weighted by Crippen LogP contribution is -2.06. The van der Waals surface area contributed by atoms with E-state index >= 15 is 0 Å². The van der Waals surface area contributed by atoms with Crippen molar-refractivity contribution in [2.45, 2.75) is 17.6 Å². The normalized spacial score (nSPS) is 28.9. The monoisotopic (exact) mass is 200 g/mol. The number of esters is 1. The molecule has 2 unspecified atom stereocenters. The molecule has 2 heterocycles. The van der Waals surface area contributed by atoms with Crippen molar-refractivity contribution in [3.63, 3.8) is 0 Å². The van der Waals surface area contributed by atoms with Gasteiger partial charge >= 0.3 is 5.97 Å². The summed E-state index contributed by atoms with van der Waals surface area (Å²) in [6.45, 7) is 1.88. The number of carbonyl (C=O) groups excluding carboxylic acids is 1. The van der Waals surface area contributed by atoms with E-state index in [0.29, 0.717) is 0 Å². The summed E-state index contributed by atoms with van der Waals surface area (Å²) in [7, 11) is 0. The van der Waals surface area contributed by atoms with Crippen LogP contribution < -0.4 is 0 Å². The molecule has 0 radical (unpaired) electrons. The smallest absolute Gasteiger partial charge is 0.320 e. The molecule has 2 nitrogen and oxygen atoms in total. The average molecular weight is 200 g/mol. The topological polar surface area (TPSA) is 26.3 Å². The molecular formula is C8H8O2S2. The number of hydrogen-bond donors (Lipinski definition) is 0. The Balaban J connectivity index is 2.14. The summed E-state index contributed by atoms with van der Waals surface area (Å²) in [4.78, 5) is 12.2. The lowest BCUT2D eigenvalue weighted by atomic mass is 10.5. The molecule has 0 aromatic carbocycles. The first-order valence-electron chi connectivity index (χ1n) is 3.67. The highest BCUT2D eigenvalue weighted by Crippen LogP contribution is 2.41. The maximum absolute atomic E-state index is 11.0. The van der Waals surface area contributed by atoms with Gasteiger partial charge in [-0.3, -0.25) is 4.79 Å². The van der Waals surface area contributed by atoms with Crippen molar-refractivity contribution in [1.82, 2.24) is 0 Å². The fourth-order valence-corrected chi connectivity index (χ4v) is 2.89. The summed E-state index contributed by atoms with van der Waals surface area (Å²) in [6.07, 6.45) is 0. The van der Waals surface area contributed by atoms with Crippen molar-refractivity contribution >= 4 is 29.1 Å². The molecule has 2 rings (SSSR count). The Morgan fingerprint density at radius 3 is 2.92 bits per heavy atom. The van der Waals surface area contributed by atoms with Crippen LogP contribution in [0.4, 0.5) is 0 Å². The minimum atomic E-state index is -0.0987. The van der Waals surface area contributed by atoms with Gasteiger partial charge in [-0.25, -0.2) is 0 Å². The second-order valence-corrected chi connectivity index (χ2v) is 4.95. The van der Waals surface area contributed by atoms with Crippen molar-refractivity contribution in [2.24, 2.45) is 0 Å². The number of rotatable bonds is 1. The molecule has 0 aliphatic carbocycles. The summed E-state index contributed by atoms with van der Waals surface area (Å²) in [5.41, 5.74) is -0.0625. The zero-order valence-corrected chi connectivity index (χ0v) is 8.15. The van der Waals surface area contributed by atoms with Gasteiger partial charge in [0, 0.05) is 0 Å². The summed E-state index contributed by atoms with van der Waals surface area (Å²) < 4.78 is 5.15. The Bertz CT molecular complexity index is 281. The standard InChI is InChI=1S/C8H8O2S2/c1-5-7(9)10-8(12-5)6-3-2-4-11-6/h2-5,8H,1H3. The van der Waals surface area contributed by atoms with E-state index in [4.69, 9.17) is 4.74 Å². The second-order valence-electron chi connectivity index (χ2n) is 2.56. The van der Waals surface area contributed by atoms with Crippen molar-refractivity contribution in [3.8, 4) is 0 Å². The highest BCUT2D eigenvalue weighted by Gasteiger charge is 2.33. The van der Waals surface area contributed by atoms with E-state index in [-0.39, 0.29) is 16.7 Å². The number of hydrogen-bond acceptors (Lipinski definition) is 4. The van der Waals surface area contributed by atoms with Crippen LogP contribution in [0.2, 0.25) is 0 Å². The van der Waals surface area contributed by atoms with Gasteiger partial charge in [-0.15, -0.1) is 11.3 Å². The van der Waals surface area contributed by atoms with Crippen LogP contribution in [0, 0.1) is 0 Å². The van der Waals surface area contributed by atoms with Crippen LogP contribution in [-0.4, -0.2) is 11.2 Å².